The number of nitrogens with zero attached hydrogens (tertiary/aromatic N) is 4. The third-order valence-electron chi connectivity index (χ3n) is 4.68. The highest BCUT2D eigenvalue weighted by Crippen LogP contribution is 2.21. The van der Waals surface area contributed by atoms with Crippen LogP contribution in [0.15, 0.2) is 42.6 Å². The Bertz CT molecular complexity index is 995. The van der Waals surface area contributed by atoms with Crippen LogP contribution in [0.1, 0.15) is 27.3 Å². The summed E-state index contributed by atoms with van der Waals surface area (Å²) in [6.07, 6.45) is 1.55. The van der Waals surface area contributed by atoms with E-state index in [1.165, 1.54) is 4.90 Å². The summed E-state index contributed by atoms with van der Waals surface area (Å²) in [5.74, 6) is 0.184. The minimum absolute atomic E-state index is 0.0509. The van der Waals surface area contributed by atoms with Gasteiger partial charge >= 0.3 is 0 Å². The number of nitrogens with one attached hydrogen (secondary N) is 1. The van der Waals surface area contributed by atoms with E-state index in [1.807, 2.05) is 61.7 Å². The average Bonchev–Trinajstić information content (AvgIpc) is 3.17. The lowest BCUT2D eigenvalue weighted by Crippen LogP contribution is -2.35. The number of likely N-dealkylation sites (N-methyl/N-ethyl adjacent to an activating group) is 1. The van der Waals surface area contributed by atoms with E-state index in [9.17, 15) is 9.59 Å². The lowest BCUT2D eigenvalue weighted by atomic mass is 10.2. The maximum Gasteiger partial charge on any atom is 0.259 e. The van der Waals surface area contributed by atoms with Crippen LogP contribution < -0.4 is 5.32 Å². The van der Waals surface area contributed by atoms with Gasteiger partial charge in [0.15, 0.2) is 0 Å². The van der Waals surface area contributed by atoms with E-state index in [0.29, 0.717) is 17.1 Å². The molecule has 2 heterocycles. The number of carbonyl (C=O) groups excluding carboxylic acids is 2. The molecule has 0 spiro atoms. The average molecular weight is 379 g/mol. The number of aryl methyl sites for hydroxylation is 4. The summed E-state index contributed by atoms with van der Waals surface area (Å²) >= 11 is 0. The summed E-state index contributed by atoms with van der Waals surface area (Å²) in [5, 5.41) is 7.07. The molecule has 0 saturated heterocycles. The Morgan fingerprint density at radius 3 is 2.25 bits per heavy atom. The highest BCUT2D eigenvalue weighted by atomic mass is 16.2. The molecule has 0 fully saturated rings. The molecule has 7 nitrogen and oxygen atoms in total. The van der Waals surface area contributed by atoms with Gasteiger partial charge in [-0.05, 0) is 45.0 Å². The van der Waals surface area contributed by atoms with Crippen LogP contribution in [-0.2, 0) is 11.8 Å². The van der Waals surface area contributed by atoms with Crippen molar-refractivity contribution in [2.75, 3.05) is 18.9 Å². The van der Waals surface area contributed by atoms with Crippen molar-refractivity contribution in [3.05, 3.63) is 65.1 Å². The Morgan fingerprint density at radius 1 is 1.04 bits per heavy atom. The number of hydrogen-bond donors (Lipinski definition) is 1. The molecule has 0 aliphatic carbocycles. The first-order valence-electron chi connectivity index (χ1n) is 9.07. The van der Waals surface area contributed by atoms with E-state index in [0.717, 1.165) is 17.0 Å². The predicted octanol–water partition coefficient (Wildman–Crippen LogP) is 2.85. The SMILES string of the molecule is Cc1ccc(NC(=O)CN(C)C(=O)c2cnn(C)c2-n2c(C)ccc2C)cc1. The zero-order valence-electron chi connectivity index (χ0n) is 16.9. The molecule has 0 aliphatic rings. The molecule has 1 N–H and O–H groups in total. The van der Waals surface area contributed by atoms with E-state index in [-0.39, 0.29) is 18.4 Å². The lowest BCUT2D eigenvalue weighted by molar-refractivity contribution is -0.116. The monoisotopic (exact) mass is 379 g/mol. The molecule has 3 rings (SSSR count). The number of benzene rings is 1. The van der Waals surface area contributed by atoms with Crippen molar-refractivity contribution in [1.29, 1.82) is 0 Å². The first kappa shape index (κ1) is 19.4. The third kappa shape index (κ3) is 3.83. The second-order valence-corrected chi connectivity index (χ2v) is 7.03. The highest BCUT2D eigenvalue weighted by molar-refractivity contribution is 6.00. The minimum atomic E-state index is -0.255. The summed E-state index contributed by atoms with van der Waals surface area (Å²) in [4.78, 5) is 26.7. The molecule has 1 aromatic carbocycles. The number of rotatable bonds is 5. The van der Waals surface area contributed by atoms with E-state index >= 15 is 0 Å². The van der Waals surface area contributed by atoms with Gasteiger partial charge in [-0.1, -0.05) is 17.7 Å². The Morgan fingerprint density at radius 2 is 1.64 bits per heavy atom. The van der Waals surface area contributed by atoms with Gasteiger partial charge in [-0.25, -0.2) is 0 Å². The van der Waals surface area contributed by atoms with Gasteiger partial charge in [-0.15, -0.1) is 0 Å². The van der Waals surface area contributed by atoms with Crippen molar-refractivity contribution in [3.8, 4) is 5.82 Å². The molecule has 0 unspecified atom stereocenters. The Labute approximate surface area is 164 Å². The van der Waals surface area contributed by atoms with Gasteiger partial charge in [-0.2, -0.15) is 5.10 Å². The van der Waals surface area contributed by atoms with Gasteiger partial charge in [-0.3, -0.25) is 14.3 Å². The highest BCUT2D eigenvalue weighted by Gasteiger charge is 2.23. The summed E-state index contributed by atoms with van der Waals surface area (Å²) < 4.78 is 3.66. The fourth-order valence-corrected chi connectivity index (χ4v) is 3.18. The first-order valence-corrected chi connectivity index (χ1v) is 9.07. The Hall–Kier alpha value is -3.35. The van der Waals surface area contributed by atoms with Gasteiger partial charge < -0.3 is 14.8 Å². The van der Waals surface area contributed by atoms with Crippen LogP contribution in [0.25, 0.3) is 5.82 Å². The van der Waals surface area contributed by atoms with Crippen molar-refractivity contribution >= 4 is 17.5 Å². The van der Waals surface area contributed by atoms with Crippen molar-refractivity contribution in [1.82, 2.24) is 19.2 Å². The maximum atomic E-state index is 13.0. The largest absolute Gasteiger partial charge is 0.332 e. The second-order valence-electron chi connectivity index (χ2n) is 7.03. The molecule has 28 heavy (non-hydrogen) atoms. The van der Waals surface area contributed by atoms with Crippen molar-refractivity contribution in [2.45, 2.75) is 20.8 Å². The summed E-state index contributed by atoms with van der Waals surface area (Å²) in [5.41, 5.74) is 4.29. The molecular weight excluding hydrogens is 354 g/mol. The Balaban J connectivity index is 1.77. The maximum absolute atomic E-state index is 13.0. The Kier molecular flexibility index (Phi) is 5.35. The van der Waals surface area contributed by atoms with Crippen molar-refractivity contribution in [3.63, 3.8) is 0 Å². The van der Waals surface area contributed by atoms with E-state index in [1.54, 1.807) is 25.0 Å². The van der Waals surface area contributed by atoms with Crippen LogP contribution >= 0.6 is 0 Å². The van der Waals surface area contributed by atoms with Gasteiger partial charge in [0.2, 0.25) is 5.91 Å². The standard InChI is InChI=1S/C21H25N5O2/c1-14-6-10-17(11-7-14)23-19(27)13-24(4)21(28)18-12-22-25(5)20(18)26-15(2)8-9-16(26)3/h6-12H,13H2,1-5H3,(H,23,27). The second kappa shape index (κ2) is 7.72. The van der Waals surface area contributed by atoms with Crippen LogP contribution in [0.3, 0.4) is 0 Å². The smallest absolute Gasteiger partial charge is 0.259 e. The van der Waals surface area contributed by atoms with Crippen LogP contribution in [0.5, 0.6) is 0 Å². The lowest BCUT2D eigenvalue weighted by Gasteiger charge is -2.18. The molecule has 2 aromatic heterocycles. The van der Waals surface area contributed by atoms with E-state index < -0.39 is 0 Å². The summed E-state index contributed by atoms with van der Waals surface area (Å²) in [6.45, 7) is 5.89. The van der Waals surface area contributed by atoms with Gasteiger partial charge in [0.1, 0.15) is 11.4 Å². The zero-order valence-corrected chi connectivity index (χ0v) is 16.9. The molecule has 146 valence electrons. The number of aromatic nitrogens is 3. The molecule has 3 aromatic rings. The first-order chi connectivity index (χ1) is 13.3. The molecule has 0 bridgehead atoms. The van der Waals surface area contributed by atoms with Crippen LogP contribution in [0.2, 0.25) is 0 Å². The fourth-order valence-electron chi connectivity index (χ4n) is 3.18. The van der Waals surface area contributed by atoms with E-state index in [2.05, 4.69) is 10.4 Å². The number of carbonyl (C=O) groups is 2. The predicted molar refractivity (Wildman–Crippen MR) is 109 cm³/mol. The van der Waals surface area contributed by atoms with Crippen molar-refractivity contribution in [2.24, 2.45) is 7.05 Å². The number of amides is 2. The molecule has 7 heteroatoms. The van der Waals surface area contributed by atoms with Gasteiger partial charge in [0, 0.05) is 31.2 Å². The minimum Gasteiger partial charge on any atom is -0.332 e. The van der Waals surface area contributed by atoms with Gasteiger partial charge in [0.05, 0.1) is 12.7 Å². The third-order valence-corrected chi connectivity index (χ3v) is 4.68. The van der Waals surface area contributed by atoms with Crippen molar-refractivity contribution < 1.29 is 9.59 Å². The number of hydrogen-bond acceptors (Lipinski definition) is 3. The fraction of sp³-hybridized carbons (Fsp3) is 0.286. The van der Waals surface area contributed by atoms with Crippen LogP contribution in [-0.4, -0.2) is 44.7 Å². The molecule has 0 radical (unpaired) electrons. The summed E-state index contributed by atoms with van der Waals surface area (Å²) in [7, 11) is 3.41. The molecule has 2 amide bonds. The quantitative estimate of drug-likeness (QED) is 0.741. The summed E-state index contributed by atoms with van der Waals surface area (Å²) in [6, 6.07) is 11.5. The molecular formula is C21H25N5O2. The number of anilines is 1. The van der Waals surface area contributed by atoms with Gasteiger partial charge in [0.25, 0.3) is 5.91 Å². The van der Waals surface area contributed by atoms with E-state index in [4.69, 9.17) is 0 Å². The van der Waals surface area contributed by atoms with Crippen LogP contribution in [0.4, 0.5) is 5.69 Å². The van der Waals surface area contributed by atoms with Crippen LogP contribution in [0, 0.1) is 20.8 Å². The zero-order chi connectivity index (χ0) is 20.4. The normalized spacial score (nSPS) is 10.8. The molecule has 0 atom stereocenters. The topological polar surface area (TPSA) is 72.2 Å². The molecule has 0 saturated carbocycles. The molecule has 0 aliphatic heterocycles.